The predicted octanol–water partition coefficient (Wildman–Crippen LogP) is 4.46. The summed E-state index contributed by atoms with van der Waals surface area (Å²) in [6.45, 7) is 5.53. The zero-order chi connectivity index (χ0) is 20.5. The van der Waals surface area contributed by atoms with E-state index in [2.05, 4.69) is 24.3 Å². The van der Waals surface area contributed by atoms with Crippen molar-refractivity contribution in [1.29, 1.82) is 0 Å². The molecule has 0 amide bonds. The van der Waals surface area contributed by atoms with Crippen LogP contribution in [0.2, 0.25) is 0 Å². The van der Waals surface area contributed by atoms with Gasteiger partial charge in [-0.15, -0.1) is 0 Å². The highest BCUT2D eigenvalue weighted by Gasteiger charge is 2.24. The monoisotopic (exact) mass is 392 g/mol. The lowest BCUT2D eigenvalue weighted by molar-refractivity contribution is 0.0602. The summed E-state index contributed by atoms with van der Waals surface area (Å²) >= 11 is 0. The molecule has 0 N–H and O–H groups in total. The molecule has 0 radical (unpaired) electrons. The summed E-state index contributed by atoms with van der Waals surface area (Å²) in [4.78, 5) is 24.3. The minimum absolute atomic E-state index is 0.0289. The van der Waals surface area contributed by atoms with Gasteiger partial charge in [0.1, 0.15) is 0 Å². The van der Waals surface area contributed by atoms with Crippen molar-refractivity contribution in [3.05, 3.63) is 90.0 Å². The first-order valence-electron chi connectivity index (χ1n) is 9.25. The Balaban J connectivity index is 0.00000136. The minimum atomic E-state index is -0.999. The Morgan fingerprint density at radius 3 is 1.71 bits per heavy atom. The second kappa shape index (κ2) is 10.5. The molecule has 0 heterocycles. The van der Waals surface area contributed by atoms with E-state index in [1.807, 2.05) is 56.3 Å². The molecule has 3 aromatic rings. The fourth-order valence-corrected chi connectivity index (χ4v) is 5.27. The van der Waals surface area contributed by atoms with Crippen LogP contribution < -0.4 is 15.9 Å². The lowest BCUT2D eigenvalue weighted by Gasteiger charge is -2.22. The third-order valence-corrected chi connectivity index (χ3v) is 6.56. The quantitative estimate of drug-likeness (QED) is 0.366. The normalized spacial score (nSPS) is 10.0. The zero-order valence-electron chi connectivity index (χ0n) is 16.7. The van der Waals surface area contributed by atoms with E-state index in [-0.39, 0.29) is 5.78 Å². The maximum absolute atomic E-state index is 12.4. The molecular weight excluding hydrogens is 367 g/mol. The van der Waals surface area contributed by atoms with E-state index in [4.69, 9.17) is 4.74 Å². The maximum atomic E-state index is 12.4. The third-order valence-electron chi connectivity index (χ3n) is 4.08. The number of hydrogen-bond donors (Lipinski definition) is 0. The Bertz CT molecular complexity index is 882. The zero-order valence-corrected chi connectivity index (χ0v) is 17.6. The number of ketones is 1. The highest BCUT2D eigenvalue weighted by atomic mass is 31.1. The van der Waals surface area contributed by atoms with Gasteiger partial charge in [-0.25, -0.2) is 4.79 Å². The number of hydrogen-bond acceptors (Lipinski definition) is 3. The van der Waals surface area contributed by atoms with Crippen molar-refractivity contribution in [3.8, 4) is 0 Å². The molecule has 0 aliphatic rings. The largest absolute Gasteiger partial charge is 0.465 e. The van der Waals surface area contributed by atoms with Crippen LogP contribution in [-0.2, 0) is 4.74 Å². The first kappa shape index (κ1) is 21.5. The van der Waals surface area contributed by atoms with Gasteiger partial charge in [-0.05, 0) is 37.6 Å². The van der Waals surface area contributed by atoms with Crippen LogP contribution in [0.1, 0.15) is 41.5 Å². The smallest absolute Gasteiger partial charge is 0.338 e. The van der Waals surface area contributed by atoms with E-state index in [0.717, 1.165) is 15.9 Å². The van der Waals surface area contributed by atoms with Crippen LogP contribution in [-0.4, -0.2) is 18.9 Å². The van der Waals surface area contributed by atoms with Crippen LogP contribution in [0.25, 0.3) is 0 Å². The molecule has 0 unspecified atom stereocenters. The molecule has 28 heavy (non-hydrogen) atoms. The highest BCUT2D eigenvalue weighted by Crippen LogP contribution is 2.34. The number of ether oxygens (including phenoxy) is 1. The number of carbonyl (C=O) groups excluding carboxylic acids is 2. The van der Waals surface area contributed by atoms with Crippen LogP contribution in [0, 0.1) is 0 Å². The van der Waals surface area contributed by atoms with Gasteiger partial charge >= 0.3 is 5.97 Å². The molecule has 3 nitrogen and oxygen atoms in total. The first-order chi connectivity index (χ1) is 13.6. The van der Waals surface area contributed by atoms with Crippen molar-refractivity contribution < 1.29 is 14.3 Å². The SMILES string of the molecule is CC.COC(=O)c1ccc(C(C)=O)cc1P(c1ccccc1)c1ccccc1. The molecule has 144 valence electrons. The molecule has 0 aliphatic heterocycles. The van der Waals surface area contributed by atoms with Gasteiger partial charge in [0, 0.05) is 10.9 Å². The molecule has 0 aliphatic carbocycles. The summed E-state index contributed by atoms with van der Waals surface area (Å²) in [5.41, 5.74) is 1.09. The van der Waals surface area contributed by atoms with Gasteiger partial charge in [-0.3, -0.25) is 4.79 Å². The van der Waals surface area contributed by atoms with Crippen molar-refractivity contribution in [2.75, 3.05) is 7.11 Å². The molecule has 4 heteroatoms. The van der Waals surface area contributed by atoms with E-state index in [1.165, 1.54) is 14.0 Å². The highest BCUT2D eigenvalue weighted by molar-refractivity contribution is 7.80. The molecule has 3 rings (SSSR count). The van der Waals surface area contributed by atoms with Crippen LogP contribution in [0.3, 0.4) is 0 Å². The predicted molar refractivity (Wildman–Crippen MR) is 118 cm³/mol. The van der Waals surface area contributed by atoms with Gasteiger partial charge in [0.25, 0.3) is 0 Å². The van der Waals surface area contributed by atoms with Gasteiger partial charge in [-0.2, -0.15) is 0 Å². The van der Waals surface area contributed by atoms with E-state index in [9.17, 15) is 9.59 Å². The standard InChI is InChI=1S/C22H19O3P.C2H6/c1-16(23)17-13-14-20(22(24)25-2)21(15-17)26(18-9-5-3-6-10-18)19-11-7-4-8-12-19;1-2/h3-15H,1-2H3;1-2H3. The molecule has 0 atom stereocenters. The van der Waals surface area contributed by atoms with E-state index < -0.39 is 13.9 Å². The number of benzene rings is 3. The molecule has 0 spiro atoms. The van der Waals surface area contributed by atoms with Gasteiger partial charge in [0.05, 0.1) is 12.7 Å². The molecule has 3 aromatic carbocycles. The molecule has 0 bridgehead atoms. The van der Waals surface area contributed by atoms with Crippen molar-refractivity contribution in [2.24, 2.45) is 0 Å². The number of carbonyl (C=O) groups is 2. The summed E-state index contributed by atoms with van der Waals surface area (Å²) in [7, 11) is 0.374. The van der Waals surface area contributed by atoms with Crippen molar-refractivity contribution in [1.82, 2.24) is 0 Å². The second-order valence-electron chi connectivity index (χ2n) is 5.79. The summed E-state index contributed by atoms with van der Waals surface area (Å²) in [6, 6.07) is 25.3. The molecular formula is C24H25O3P. The first-order valence-corrected chi connectivity index (χ1v) is 10.6. The fraction of sp³-hybridized carbons (Fsp3) is 0.167. The maximum Gasteiger partial charge on any atom is 0.338 e. The molecule has 0 saturated carbocycles. The average molecular weight is 392 g/mol. The Hall–Kier alpha value is -2.77. The number of methoxy groups -OCH3 is 1. The van der Waals surface area contributed by atoms with Crippen LogP contribution in [0.4, 0.5) is 0 Å². The van der Waals surface area contributed by atoms with Crippen LogP contribution in [0.5, 0.6) is 0 Å². The molecule has 0 saturated heterocycles. The number of rotatable bonds is 5. The summed E-state index contributed by atoms with van der Waals surface area (Å²) in [5.74, 6) is -0.423. The second-order valence-corrected chi connectivity index (χ2v) is 7.97. The van der Waals surface area contributed by atoms with Gasteiger partial charge in [0.15, 0.2) is 5.78 Å². The number of Topliss-reactive ketones (excluding diaryl/α,β-unsaturated/α-hetero) is 1. The average Bonchev–Trinajstić information content (AvgIpc) is 2.76. The number of esters is 1. The van der Waals surface area contributed by atoms with Gasteiger partial charge in [-0.1, -0.05) is 80.6 Å². The minimum Gasteiger partial charge on any atom is -0.465 e. The van der Waals surface area contributed by atoms with Crippen molar-refractivity contribution in [2.45, 2.75) is 20.8 Å². The Morgan fingerprint density at radius 2 is 1.29 bits per heavy atom. The summed E-state index contributed by atoms with van der Waals surface area (Å²) in [5, 5.41) is 3.05. The van der Waals surface area contributed by atoms with Crippen LogP contribution in [0.15, 0.2) is 78.9 Å². The molecule has 0 fully saturated rings. The van der Waals surface area contributed by atoms with Crippen molar-refractivity contribution in [3.63, 3.8) is 0 Å². The van der Waals surface area contributed by atoms with E-state index in [0.29, 0.717) is 11.1 Å². The Kier molecular flexibility index (Phi) is 8.10. The fourth-order valence-electron chi connectivity index (χ4n) is 2.80. The molecule has 0 aromatic heterocycles. The topological polar surface area (TPSA) is 43.4 Å². The van der Waals surface area contributed by atoms with Gasteiger partial charge in [0.2, 0.25) is 0 Å². The third kappa shape index (κ3) is 4.94. The lowest BCUT2D eigenvalue weighted by Crippen LogP contribution is -2.26. The van der Waals surface area contributed by atoms with E-state index in [1.54, 1.807) is 12.1 Å². The van der Waals surface area contributed by atoms with E-state index >= 15 is 0 Å². The van der Waals surface area contributed by atoms with Crippen molar-refractivity contribution >= 4 is 35.6 Å². The Morgan fingerprint density at radius 1 is 0.786 bits per heavy atom. The Labute approximate surface area is 168 Å². The summed E-state index contributed by atoms with van der Waals surface area (Å²) in [6.07, 6.45) is 0. The lowest BCUT2D eigenvalue weighted by atomic mass is 10.1. The summed E-state index contributed by atoms with van der Waals surface area (Å²) < 4.78 is 4.99. The van der Waals surface area contributed by atoms with Gasteiger partial charge < -0.3 is 4.74 Å². The van der Waals surface area contributed by atoms with Crippen LogP contribution >= 0.6 is 7.92 Å².